The summed E-state index contributed by atoms with van der Waals surface area (Å²) in [5, 5.41) is 11.8. The molecule has 0 spiro atoms. The molecular weight excluding hydrogens is 256 g/mol. The number of hydrogen-bond donors (Lipinski definition) is 2. The minimum Gasteiger partial charge on any atom is -0.493 e. The Hall–Kier alpha value is -1.91. The highest BCUT2D eigenvalue weighted by molar-refractivity contribution is 5.85. The number of nitrogens with two attached hydrogens (primary N) is 1. The van der Waals surface area contributed by atoms with Crippen LogP contribution in [-0.4, -0.2) is 24.8 Å². The zero-order valence-electron chi connectivity index (χ0n) is 12.4. The molecule has 0 fully saturated rings. The first-order chi connectivity index (χ1) is 9.51. The molecule has 0 amide bonds. The van der Waals surface area contributed by atoms with E-state index in [9.17, 15) is 0 Å². The highest BCUT2D eigenvalue weighted by Crippen LogP contribution is 2.27. The maximum absolute atomic E-state index is 8.70. The Morgan fingerprint density at radius 2 is 1.90 bits per heavy atom. The standard InChI is InChI=1S/C15H24N2O3/c1-15(2,14(16)17-18)10-6-7-11-20-13-9-5-4-8-12(13)19-3/h4-5,8-9,18H,6-7,10-11H2,1-3H3,(H2,16,17). The van der Waals surface area contributed by atoms with Crippen LogP contribution in [-0.2, 0) is 0 Å². The number of methoxy groups -OCH3 is 1. The molecule has 0 aliphatic heterocycles. The van der Waals surface area contributed by atoms with Gasteiger partial charge in [-0.1, -0.05) is 31.1 Å². The van der Waals surface area contributed by atoms with Gasteiger partial charge in [0.1, 0.15) is 5.84 Å². The Morgan fingerprint density at radius 3 is 2.50 bits per heavy atom. The summed E-state index contributed by atoms with van der Waals surface area (Å²) in [6.07, 6.45) is 2.69. The summed E-state index contributed by atoms with van der Waals surface area (Å²) in [7, 11) is 1.63. The molecule has 0 bridgehead atoms. The van der Waals surface area contributed by atoms with Crippen molar-refractivity contribution in [1.82, 2.24) is 0 Å². The van der Waals surface area contributed by atoms with E-state index in [-0.39, 0.29) is 11.3 Å². The number of unbranched alkanes of at least 4 members (excludes halogenated alkanes) is 1. The molecule has 1 aromatic rings. The average molecular weight is 280 g/mol. The fourth-order valence-corrected chi connectivity index (χ4v) is 1.85. The fourth-order valence-electron chi connectivity index (χ4n) is 1.85. The van der Waals surface area contributed by atoms with Gasteiger partial charge in [-0.05, 0) is 31.4 Å². The molecule has 20 heavy (non-hydrogen) atoms. The van der Waals surface area contributed by atoms with Crippen molar-refractivity contribution < 1.29 is 14.7 Å². The minimum absolute atomic E-state index is 0.267. The number of hydrogen-bond acceptors (Lipinski definition) is 4. The van der Waals surface area contributed by atoms with Crippen LogP contribution in [0.3, 0.4) is 0 Å². The highest BCUT2D eigenvalue weighted by atomic mass is 16.5. The van der Waals surface area contributed by atoms with Crippen molar-refractivity contribution in [1.29, 1.82) is 0 Å². The molecule has 0 aromatic heterocycles. The Kier molecular flexibility index (Phi) is 6.15. The number of amidine groups is 1. The van der Waals surface area contributed by atoms with Gasteiger partial charge < -0.3 is 20.4 Å². The molecule has 5 nitrogen and oxygen atoms in total. The van der Waals surface area contributed by atoms with Crippen molar-refractivity contribution in [3.05, 3.63) is 24.3 Å². The molecule has 112 valence electrons. The zero-order chi connectivity index (χ0) is 15.0. The topological polar surface area (TPSA) is 77.1 Å². The lowest BCUT2D eigenvalue weighted by atomic mass is 9.86. The second-order valence-corrected chi connectivity index (χ2v) is 5.33. The summed E-state index contributed by atoms with van der Waals surface area (Å²) in [6.45, 7) is 4.54. The highest BCUT2D eigenvalue weighted by Gasteiger charge is 2.22. The second kappa shape index (κ2) is 7.62. The molecule has 0 radical (unpaired) electrons. The normalized spacial score (nSPS) is 12.2. The van der Waals surface area contributed by atoms with Gasteiger partial charge in [0.2, 0.25) is 0 Å². The Bertz CT molecular complexity index is 444. The Labute approximate surface area is 120 Å². The van der Waals surface area contributed by atoms with Crippen LogP contribution in [0.1, 0.15) is 33.1 Å². The third kappa shape index (κ3) is 4.64. The van der Waals surface area contributed by atoms with E-state index >= 15 is 0 Å². The van der Waals surface area contributed by atoms with Crippen LogP contribution in [0.15, 0.2) is 29.4 Å². The number of benzene rings is 1. The van der Waals surface area contributed by atoms with E-state index < -0.39 is 0 Å². The lowest BCUT2D eigenvalue weighted by Crippen LogP contribution is -2.31. The van der Waals surface area contributed by atoms with E-state index in [1.165, 1.54) is 0 Å². The molecule has 0 saturated heterocycles. The van der Waals surface area contributed by atoms with Gasteiger partial charge in [-0.15, -0.1) is 0 Å². The van der Waals surface area contributed by atoms with E-state index in [1.54, 1.807) is 7.11 Å². The summed E-state index contributed by atoms with van der Waals surface area (Å²) in [5.74, 6) is 1.76. The first-order valence-electron chi connectivity index (χ1n) is 6.75. The summed E-state index contributed by atoms with van der Waals surface area (Å²) in [5.41, 5.74) is 5.35. The van der Waals surface area contributed by atoms with E-state index in [4.69, 9.17) is 20.4 Å². The molecule has 1 rings (SSSR count). The summed E-state index contributed by atoms with van der Waals surface area (Å²) in [6, 6.07) is 7.58. The van der Waals surface area contributed by atoms with E-state index in [0.717, 1.165) is 30.8 Å². The fraction of sp³-hybridized carbons (Fsp3) is 0.533. The van der Waals surface area contributed by atoms with Crippen LogP contribution >= 0.6 is 0 Å². The van der Waals surface area contributed by atoms with Crippen LogP contribution in [0.25, 0.3) is 0 Å². The van der Waals surface area contributed by atoms with Crippen molar-refractivity contribution in [3.8, 4) is 11.5 Å². The molecule has 0 unspecified atom stereocenters. The van der Waals surface area contributed by atoms with Crippen LogP contribution in [0.4, 0.5) is 0 Å². The van der Waals surface area contributed by atoms with E-state index in [2.05, 4.69) is 5.16 Å². The monoisotopic (exact) mass is 280 g/mol. The molecule has 1 aromatic carbocycles. The molecule has 0 aliphatic rings. The number of oxime groups is 1. The maximum atomic E-state index is 8.70. The van der Waals surface area contributed by atoms with E-state index in [1.807, 2.05) is 38.1 Å². The third-order valence-corrected chi connectivity index (χ3v) is 3.32. The number of rotatable bonds is 8. The van der Waals surface area contributed by atoms with Crippen LogP contribution in [0, 0.1) is 5.41 Å². The smallest absolute Gasteiger partial charge is 0.161 e. The maximum Gasteiger partial charge on any atom is 0.161 e. The van der Waals surface area contributed by atoms with Crippen molar-refractivity contribution >= 4 is 5.84 Å². The largest absolute Gasteiger partial charge is 0.493 e. The quantitative estimate of drug-likeness (QED) is 0.252. The Balaban J connectivity index is 2.32. The molecule has 0 saturated carbocycles. The first-order valence-corrected chi connectivity index (χ1v) is 6.75. The first kappa shape index (κ1) is 16.1. The van der Waals surface area contributed by atoms with E-state index in [0.29, 0.717) is 6.61 Å². The van der Waals surface area contributed by atoms with Gasteiger partial charge in [-0.25, -0.2) is 0 Å². The summed E-state index contributed by atoms with van der Waals surface area (Å²) in [4.78, 5) is 0. The van der Waals surface area contributed by atoms with Gasteiger partial charge in [0, 0.05) is 5.41 Å². The van der Waals surface area contributed by atoms with Gasteiger partial charge in [-0.2, -0.15) is 0 Å². The molecule has 0 heterocycles. The number of nitrogens with zero attached hydrogens (tertiary/aromatic N) is 1. The minimum atomic E-state index is -0.292. The molecule has 0 aliphatic carbocycles. The number of para-hydroxylation sites is 2. The number of ether oxygens (including phenoxy) is 2. The van der Waals surface area contributed by atoms with Crippen LogP contribution in [0.2, 0.25) is 0 Å². The lowest BCUT2D eigenvalue weighted by Gasteiger charge is -2.22. The molecule has 5 heteroatoms. The predicted octanol–water partition coefficient (Wildman–Crippen LogP) is 3.02. The summed E-state index contributed by atoms with van der Waals surface area (Å²) >= 11 is 0. The van der Waals surface area contributed by atoms with Gasteiger partial charge >= 0.3 is 0 Å². The van der Waals surface area contributed by atoms with Crippen molar-refractivity contribution in [2.45, 2.75) is 33.1 Å². The predicted molar refractivity (Wildman–Crippen MR) is 79.5 cm³/mol. The van der Waals surface area contributed by atoms with Crippen molar-refractivity contribution in [3.63, 3.8) is 0 Å². The van der Waals surface area contributed by atoms with Crippen molar-refractivity contribution in [2.75, 3.05) is 13.7 Å². The average Bonchev–Trinajstić information content (AvgIpc) is 2.46. The van der Waals surface area contributed by atoms with Gasteiger partial charge in [-0.3, -0.25) is 0 Å². The molecule has 0 atom stereocenters. The molecule has 3 N–H and O–H groups in total. The van der Waals surface area contributed by atoms with Gasteiger partial charge in [0.05, 0.1) is 13.7 Å². The summed E-state index contributed by atoms with van der Waals surface area (Å²) < 4.78 is 10.9. The van der Waals surface area contributed by atoms with Crippen molar-refractivity contribution in [2.24, 2.45) is 16.3 Å². The van der Waals surface area contributed by atoms with Gasteiger partial charge in [0.15, 0.2) is 11.5 Å². The Morgan fingerprint density at radius 1 is 1.25 bits per heavy atom. The lowest BCUT2D eigenvalue weighted by molar-refractivity contribution is 0.276. The zero-order valence-corrected chi connectivity index (χ0v) is 12.4. The second-order valence-electron chi connectivity index (χ2n) is 5.33. The molecular formula is C15H24N2O3. The third-order valence-electron chi connectivity index (χ3n) is 3.32. The SMILES string of the molecule is COc1ccccc1OCCCCC(C)(C)/C(N)=N/O. The van der Waals surface area contributed by atoms with Crippen LogP contribution < -0.4 is 15.2 Å². The van der Waals surface area contributed by atoms with Crippen LogP contribution in [0.5, 0.6) is 11.5 Å². The van der Waals surface area contributed by atoms with Gasteiger partial charge in [0.25, 0.3) is 0 Å².